The lowest BCUT2D eigenvalue weighted by atomic mass is 10.0. The molecule has 0 aliphatic rings. The SMILES string of the molecule is O=[N+]([O-])c1cnc(-c2cccnc2)cc1-c1cccnc1. The average molecular weight is 278 g/mol. The van der Waals surface area contributed by atoms with Gasteiger partial charge in [0.25, 0.3) is 5.69 Å². The summed E-state index contributed by atoms with van der Waals surface area (Å²) in [4.78, 5) is 22.9. The molecule has 0 aromatic carbocycles. The molecule has 0 unspecified atom stereocenters. The van der Waals surface area contributed by atoms with Gasteiger partial charge in [0.2, 0.25) is 0 Å². The molecule has 0 spiro atoms. The Morgan fingerprint density at radius 2 is 1.62 bits per heavy atom. The van der Waals surface area contributed by atoms with Crippen LogP contribution in [0.5, 0.6) is 0 Å². The Morgan fingerprint density at radius 1 is 0.952 bits per heavy atom. The Balaban J connectivity index is 2.18. The lowest BCUT2D eigenvalue weighted by Crippen LogP contribution is -1.95. The lowest BCUT2D eigenvalue weighted by molar-refractivity contribution is -0.384. The third-order valence-corrected chi connectivity index (χ3v) is 3.01. The van der Waals surface area contributed by atoms with Crippen LogP contribution in [0.25, 0.3) is 22.4 Å². The number of nitro groups is 1. The number of rotatable bonds is 3. The van der Waals surface area contributed by atoms with Crippen molar-refractivity contribution in [2.45, 2.75) is 0 Å². The molecule has 21 heavy (non-hydrogen) atoms. The highest BCUT2D eigenvalue weighted by Crippen LogP contribution is 2.31. The molecule has 0 saturated carbocycles. The van der Waals surface area contributed by atoms with Gasteiger partial charge in [-0.05, 0) is 24.3 Å². The predicted octanol–water partition coefficient (Wildman–Crippen LogP) is 3.11. The van der Waals surface area contributed by atoms with Crippen molar-refractivity contribution in [2.75, 3.05) is 0 Å². The average Bonchev–Trinajstić information content (AvgIpc) is 2.56. The molecule has 0 saturated heterocycles. The highest BCUT2D eigenvalue weighted by molar-refractivity contribution is 5.76. The quantitative estimate of drug-likeness (QED) is 0.543. The Kier molecular flexibility index (Phi) is 3.34. The van der Waals surface area contributed by atoms with Gasteiger partial charge in [0.05, 0.1) is 16.2 Å². The Hall–Kier alpha value is -3.15. The van der Waals surface area contributed by atoms with Crippen molar-refractivity contribution >= 4 is 5.69 Å². The largest absolute Gasteiger partial charge is 0.295 e. The first-order chi connectivity index (χ1) is 10.3. The summed E-state index contributed by atoms with van der Waals surface area (Å²) in [5.41, 5.74) is 2.56. The van der Waals surface area contributed by atoms with Gasteiger partial charge < -0.3 is 0 Å². The minimum absolute atomic E-state index is 0.0457. The van der Waals surface area contributed by atoms with Crippen LogP contribution in [0.2, 0.25) is 0 Å². The van der Waals surface area contributed by atoms with E-state index >= 15 is 0 Å². The van der Waals surface area contributed by atoms with E-state index in [4.69, 9.17) is 0 Å². The molecule has 3 heterocycles. The molecular formula is C15H10N4O2. The van der Waals surface area contributed by atoms with Gasteiger partial charge in [0.15, 0.2) is 0 Å². The summed E-state index contributed by atoms with van der Waals surface area (Å²) in [6.07, 6.45) is 7.82. The first-order valence-electron chi connectivity index (χ1n) is 6.21. The molecule has 0 radical (unpaired) electrons. The molecule has 0 atom stereocenters. The summed E-state index contributed by atoms with van der Waals surface area (Å²) in [5.74, 6) is 0. The van der Waals surface area contributed by atoms with Crippen LogP contribution in [-0.4, -0.2) is 19.9 Å². The fourth-order valence-corrected chi connectivity index (χ4v) is 2.02. The van der Waals surface area contributed by atoms with Gasteiger partial charge in [-0.3, -0.25) is 20.1 Å². The van der Waals surface area contributed by atoms with Crippen molar-refractivity contribution in [3.05, 3.63) is 71.4 Å². The number of pyridine rings is 3. The second-order valence-corrected chi connectivity index (χ2v) is 4.33. The number of nitrogens with zero attached hydrogens (tertiary/aromatic N) is 4. The molecule has 6 heteroatoms. The highest BCUT2D eigenvalue weighted by Gasteiger charge is 2.17. The van der Waals surface area contributed by atoms with Crippen LogP contribution in [-0.2, 0) is 0 Å². The van der Waals surface area contributed by atoms with Crippen LogP contribution >= 0.6 is 0 Å². The first-order valence-corrected chi connectivity index (χ1v) is 6.21. The van der Waals surface area contributed by atoms with Gasteiger partial charge in [-0.1, -0.05) is 6.07 Å². The molecule has 3 aromatic rings. The van der Waals surface area contributed by atoms with Crippen molar-refractivity contribution in [3.8, 4) is 22.4 Å². The molecule has 3 aromatic heterocycles. The molecule has 0 amide bonds. The van der Waals surface area contributed by atoms with Gasteiger partial charge in [-0.15, -0.1) is 0 Å². The third-order valence-electron chi connectivity index (χ3n) is 3.01. The maximum absolute atomic E-state index is 11.2. The summed E-state index contributed by atoms with van der Waals surface area (Å²) in [6, 6.07) is 8.86. The zero-order valence-corrected chi connectivity index (χ0v) is 10.9. The van der Waals surface area contributed by atoms with Gasteiger partial charge in [-0.2, -0.15) is 0 Å². The first kappa shape index (κ1) is 12.9. The smallest absolute Gasteiger partial charge is 0.264 e. The van der Waals surface area contributed by atoms with E-state index < -0.39 is 4.92 Å². The Labute approximate surface area is 120 Å². The van der Waals surface area contributed by atoms with Crippen LogP contribution in [0.1, 0.15) is 0 Å². The van der Waals surface area contributed by atoms with Crippen molar-refractivity contribution in [1.82, 2.24) is 15.0 Å². The van der Waals surface area contributed by atoms with Crippen LogP contribution in [0, 0.1) is 10.1 Å². The predicted molar refractivity (Wildman–Crippen MR) is 77.4 cm³/mol. The maximum Gasteiger partial charge on any atom is 0.295 e. The van der Waals surface area contributed by atoms with E-state index in [-0.39, 0.29) is 5.69 Å². The van der Waals surface area contributed by atoms with E-state index in [0.717, 1.165) is 5.56 Å². The van der Waals surface area contributed by atoms with Gasteiger partial charge in [-0.25, -0.2) is 4.98 Å². The Morgan fingerprint density at radius 3 is 2.19 bits per heavy atom. The summed E-state index contributed by atoms with van der Waals surface area (Å²) in [5, 5.41) is 11.2. The van der Waals surface area contributed by atoms with Gasteiger partial charge >= 0.3 is 0 Å². The van der Waals surface area contributed by atoms with E-state index in [0.29, 0.717) is 16.8 Å². The summed E-state index contributed by atoms with van der Waals surface area (Å²) < 4.78 is 0. The second-order valence-electron chi connectivity index (χ2n) is 4.33. The van der Waals surface area contributed by atoms with E-state index in [1.54, 1.807) is 49.1 Å². The third kappa shape index (κ3) is 2.59. The lowest BCUT2D eigenvalue weighted by Gasteiger charge is -2.05. The van der Waals surface area contributed by atoms with Crippen LogP contribution in [0.15, 0.2) is 61.3 Å². The van der Waals surface area contributed by atoms with Crippen molar-refractivity contribution in [3.63, 3.8) is 0 Å². The Bertz CT molecular complexity index is 776. The fraction of sp³-hybridized carbons (Fsp3) is 0. The monoisotopic (exact) mass is 278 g/mol. The minimum atomic E-state index is -0.442. The molecule has 102 valence electrons. The van der Waals surface area contributed by atoms with Crippen molar-refractivity contribution < 1.29 is 4.92 Å². The molecule has 0 aliphatic heterocycles. The molecule has 3 rings (SSSR count). The second kappa shape index (κ2) is 5.46. The number of hydrogen-bond acceptors (Lipinski definition) is 5. The standard InChI is InChI=1S/C15H10N4O2/c20-19(21)15-10-18-14(12-4-2-6-17-9-12)7-13(15)11-3-1-5-16-8-11/h1-10H. The molecule has 0 bridgehead atoms. The summed E-state index contributed by atoms with van der Waals surface area (Å²) in [7, 11) is 0. The normalized spacial score (nSPS) is 10.3. The van der Waals surface area contributed by atoms with Gasteiger partial charge in [0, 0.05) is 35.9 Å². The molecule has 0 aliphatic carbocycles. The van der Waals surface area contributed by atoms with E-state index in [9.17, 15) is 10.1 Å². The van der Waals surface area contributed by atoms with Crippen molar-refractivity contribution in [2.24, 2.45) is 0 Å². The topological polar surface area (TPSA) is 81.8 Å². The molecular weight excluding hydrogens is 268 g/mol. The van der Waals surface area contributed by atoms with Gasteiger partial charge in [0.1, 0.15) is 6.20 Å². The van der Waals surface area contributed by atoms with E-state index in [1.807, 2.05) is 6.07 Å². The molecule has 0 fully saturated rings. The van der Waals surface area contributed by atoms with Crippen LogP contribution in [0.4, 0.5) is 5.69 Å². The van der Waals surface area contributed by atoms with E-state index in [1.165, 1.54) is 6.20 Å². The number of aromatic nitrogens is 3. The zero-order chi connectivity index (χ0) is 14.7. The van der Waals surface area contributed by atoms with Crippen molar-refractivity contribution in [1.29, 1.82) is 0 Å². The van der Waals surface area contributed by atoms with Crippen LogP contribution < -0.4 is 0 Å². The maximum atomic E-state index is 11.2. The van der Waals surface area contributed by atoms with Crippen LogP contribution in [0.3, 0.4) is 0 Å². The summed E-state index contributed by atoms with van der Waals surface area (Å²) in [6.45, 7) is 0. The zero-order valence-electron chi connectivity index (χ0n) is 10.9. The summed E-state index contributed by atoms with van der Waals surface area (Å²) >= 11 is 0. The molecule has 6 nitrogen and oxygen atoms in total. The fourth-order valence-electron chi connectivity index (χ4n) is 2.02. The minimum Gasteiger partial charge on any atom is -0.264 e. The molecule has 0 N–H and O–H groups in total. The highest BCUT2D eigenvalue weighted by atomic mass is 16.6. The number of hydrogen-bond donors (Lipinski definition) is 0. The van der Waals surface area contributed by atoms with E-state index in [2.05, 4.69) is 15.0 Å².